The van der Waals surface area contributed by atoms with Crippen molar-refractivity contribution in [2.45, 2.75) is 46.6 Å². The smallest absolute Gasteiger partial charge is 0.246 e. The summed E-state index contributed by atoms with van der Waals surface area (Å²) < 4.78 is 0. The zero-order valence-electron chi connectivity index (χ0n) is 11.3. The molecule has 0 bridgehead atoms. The van der Waals surface area contributed by atoms with Crippen molar-refractivity contribution in [1.82, 2.24) is 5.06 Å². The Morgan fingerprint density at radius 3 is 2.31 bits per heavy atom. The summed E-state index contributed by atoms with van der Waals surface area (Å²) in [6.07, 6.45) is 0.646. The van der Waals surface area contributed by atoms with Crippen LogP contribution in [0.15, 0.2) is 0 Å². The molecule has 0 fully saturated rings. The molecule has 0 aromatic carbocycles. The van der Waals surface area contributed by atoms with Gasteiger partial charge < -0.3 is 5.11 Å². The van der Waals surface area contributed by atoms with E-state index in [-0.39, 0.29) is 23.3 Å². The molecule has 0 aliphatic carbocycles. The lowest BCUT2D eigenvalue weighted by Crippen LogP contribution is -2.31. The van der Waals surface area contributed by atoms with Gasteiger partial charge in [0, 0.05) is 13.5 Å². The average Bonchev–Trinajstić information content (AvgIpc) is 2.14. The van der Waals surface area contributed by atoms with Crippen LogP contribution in [0.1, 0.15) is 40.5 Å². The van der Waals surface area contributed by atoms with Gasteiger partial charge in [-0.2, -0.15) is 0 Å². The third-order valence-corrected chi connectivity index (χ3v) is 2.77. The van der Waals surface area contributed by atoms with Gasteiger partial charge in [-0.1, -0.05) is 27.7 Å². The Balaban J connectivity index is 4.09. The predicted molar refractivity (Wildman–Crippen MR) is 63.6 cm³/mol. The first-order valence-electron chi connectivity index (χ1n) is 5.67. The van der Waals surface area contributed by atoms with Crippen LogP contribution in [0.2, 0.25) is 0 Å². The second-order valence-corrected chi connectivity index (χ2v) is 5.50. The molecule has 2 atom stereocenters. The minimum Gasteiger partial charge on any atom is -0.393 e. The number of hydrogen-bond acceptors (Lipinski definition) is 3. The van der Waals surface area contributed by atoms with E-state index < -0.39 is 0 Å². The standard InChI is InChI=1S/C12H25NO3/c1-9(7-10(14)12(2,3)4)8-11(15)13(5)16-6/h9-10,14H,7-8H2,1-6H3/t9-,10+/m1/s1. The number of hydroxylamine groups is 2. The van der Waals surface area contributed by atoms with Gasteiger partial charge >= 0.3 is 0 Å². The second-order valence-electron chi connectivity index (χ2n) is 5.50. The number of carbonyl (C=O) groups excluding carboxylic acids is 1. The van der Waals surface area contributed by atoms with Crippen LogP contribution >= 0.6 is 0 Å². The number of rotatable bonds is 5. The summed E-state index contributed by atoms with van der Waals surface area (Å²) in [6.45, 7) is 7.95. The molecule has 1 amide bonds. The van der Waals surface area contributed by atoms with Crippen LogP contribution in [0.3, 0.4) is 0 Å². The first-order chi connectivity index (χ1) is 7.18. The van der Waals surface area contributed by atoms with Gasteiger partial charge in [0.15, 0.2) is 0 Å². The zero-order valence-corrected chi connectivity index (χ0v) is 11.3. The molecule has 0 aliphatic rings. The molecular formula is C12H25NO3. The monoisotopic (exact) mass is 231 g/mol. The molecule has 0 saturated carbocycles. The summed E-state index contributed by atoms with van der Waals surface area (Å²) in [6, 6.07) is 0. The molecule has 0 saturated heterocycles. The van der Waals surface area contributed by atoms with Crippen molar-refractivity contribution in [1.29, 1.82) is 0 Å². The van der Waals surface area contributed by atoms with Crippen LogP contribution in [0, 0.1) is 11.3 Å². The highest BCUT2D eigenvalue weighted by molar-refractivity contribution is 5.74. The Bertz CT molecular complexity index is 223. The van der Waals surface area contributed by atoms with E-state index >= 15 is 0 Å². The van der Waals surface area contributed by atoms with Crippen molar-refractivity contribution >= 4 is 5.91 Å². The van der Waals surface area contributed by atoms with E-state index in [4.69, 9.17) is 4.84 Å². The third kappa shape index (κ3) is 5.47. The Labute approximate surface area is 98.5 Å². The van der Waals surface area contributed by atoms with Crippen molar-refractivity contribution < 1.29 is 14.7 Å². The fourth-order valence-corrected chi connectivity index (χ4v) is 1.35. The fraction of sp³-hybridized carbons (Fsp3) is 0.917. The number of nitrogens with zero attached hydrogens (tertiary/aromatic N) is 1. The molecule has 0 aliphatic heterocycles. The van der Waals surface area contributed by atoms with E-state index in [0.29, 0.717) is 12.8 Å². The van der Waals surface area contributed by atoms with Gasteiger partial charge in [0.1, 0.15) is 0 Å². The van der Waals surface area contributed by atoms with E-state index in [1.807, 2.05) is 27.7 Å². The maximum atomic E-state index is 11.5. The molecule has 16 heavy (non-hydrogen) atoms. The molecule has 0 heterocycles. The lowest BCUT2D eigenvalue weighted by atomic mass is 9.83. The molecule has 0 aromatic rings. The minimum absolute atomic E-state index is 0.0592. The normalized spacial score (nSPS) is 15.7. The van der Waals surface area contributed by atoms with E-state index in [1.54, 1.807) is 7.05 Å². The van der Waals surface area contributed by atoms with Gasteiger partial charge in [-0.25, -0.2) is 5.06 Å². The lowest BCUT2D eigenvalue weighted by Gasteiger charge is -2.28. The molecule has 0 spiro atoms. The summed E-state index contributed by atoms with van der Waals surface area (Å²) in [5.74, 6) is 0.0930. The van der Waals surface area contributed by atoms with Crippen LogP contribution in [-0.2, 0) is 9.63 Å². The quantitative estimate of drug-likeness (QED) is 0.734. The Morgan fingerprint density at radius 2 is 1.94 bits per heavy atom. The summed E-state index contributed by atoms with van der Waals surface area (Å²) in [5.41, 5.74) is -0.134. The highest BCUT2D eigenvalue weighted by Gasteiger charge is 2.25. The van der Waals surface area contributed by atoms with Gasteiger partial charge in [-0.15, -0.1) is 0 Å². The van der Waals surface area contributed by atoms with E-state index in [2.05, 4.69) is 0 Å². The first-order valence-corrected chi connectivity index (χ1v) is 5.67. The topological polar surface area (TPSA) is 49.8 Å². The minimum atomic E-state index is -0.386. The van der Waals surface area contributed by atoms with Crippen LogP contribution in [0.4, 0.5) is 0 Å². The Kier molecular flexibility index (Phi) is 5.97. The van der Waals surface area contributed by atoms with Gasteiger partial charge in [0.25, 0.3) is 0 Å². The Hall–Kier alpha value is -0.610. The van der Waals surface area contributed by atoms with Crippen LogP contribution < -0.4 is 0 Å². The van der Waals surface area contributed by atoms with Crippen molar-refractivity contribution in [2.75, 3.05) is 14.2 Å². The predicted octanol–water partition coefficient (Wildman–Crippen LogP) is 1.83. The molecule has 96 valence electrons. The summed E-state index contributed by atoms with van der Waals surface area (Å²) >= 11 is 0. The van der Waals surface area contributed by atoms with E-state index in [1.165, 1.54) is 12.2 Å². The molecule has 0 aromatic heterocycles. The number of hydrogen-bond donors (Lipinski definition) is 1. The van der Waals surface area contributed by atoms with Crippen molar-refractivity contribution in [3.05, 3.63) is 0 Å². The number of carbonyl (C=O) groups is 1. The first kappa shape index (κ1) is 15.4. The maximum absolute atomic E-state index is 11.5. The van der Waals surface area contributed by atoms with Gasteiger partial charge in [-0.05, 0) is 17.8 Å². The van der Waals surface area contributed by atoms with Crippen LogP contribution in [0.5, 0.6) is 0 Å². The van der Waals surface area contributed by atoms with Crippen molar-refractivity contribution in [3.8, 4) is 0 Å². The van der Waals surface area contributed by atoms with Crippen molar-refractivity contribution in [3.63, 3.8) is 0 Å². The highest BCUT2D eigenvalue weighted by atomic mass is 16.7. The van der Waals surface area contributed by atoms with Gasteiger partial charge in [0.05, 0.1) is 13.2 Å². The number of aliphatic hydroxyl groups excluding tert-OH is 1. The van der Waals surface area contributed by atoms with Gasteiger partial charge in [-0.3, -0.25) is 9.63 Å². The Morgan fingerprint density at radius 1 is 1.44 bits per heavy atom. The molecular weight excluding hydrogens is 206 g/mol. The lowest BCUT2D eigenvalue weighted by molar-refractivity contribution is -0.169. The zero-order chi connectivity index (χ0) is 12.9. The molecule has 4 heteroatoms. The maximum Gasteiger partial charge on any atom is 0.246 e. The SMILES string of the molecule is CON(C)C(=O)C[C@H](C)C[C@H](O)C(C)(C)C. The molecule has 4 nitrogen and oxygen atoms in total. The highest BCUT2D eigenvalue weighted by Crippen LogP contribution is 2.25. The number of aliphatic hydroxyl groups is 1. The summed E-state index contributed by atoms with van der Waals surface area (Å²) in [5, 5.41) is 11.1. The van der Waals surface area contributed by atoms with Gasteiger partial charge in [0.2, 0.25) is 5.91 Å². The molecule has 0 unspecified atom stereocenters. The van der Waals surface area contributed by atoms with Crippen LogP contribution in [-0.4, -0.2) is 36.3 Å². The fourth-order valence-electron chi connectivity index (χ4n) is 1.35. The van der Waals surface area contributed by atoms with Crippen molar-refractivity contribution in [2.24, 2.45) is 11.3 Å². The molecule has 0 rings (SSSR count). The van der Waals surface area contributed by atoms with Crippen LogP contribution in [0.25, 0.3) is 0 Å². The molecule has 1 N–H and O–H groups in total. The average molecular weight is 231 g/mol. The summed E-state index contributed by atoms with van der Waals surface area (Å²) in [4.78, 5) is 16.3. The van der Waals surface area contributed by atoms with E-state index in [9.17, 15) is 9.90 Å². The summed E-state index contributed by atoms with van der Waals surface area (Å²) in [7, 11) is 3.06. The largest absolute Gasteiger partial charge is 0.393 e. The second kappa shape index (κ2) is 6.21. The third-order valence-electron chi connectivity index (χ3n) is 2.77. The number of amides is 1. The van der Waals surface area contributed by atoms with E-state index in [0.717, 1.165) is 0 Å². The molecule has 0 radical (unpaired) electrons.